The highest BCUT2D eigenvalue weighted by Crippen LogP contribution is 2.35. The molecule has 4 heteroatoms. The molecule has 3 aromatic carbocycles. The maximum absolute atomic E-state index is 6.26. The number of halogens is 1. The van der Waals surface area contributed by atoms with Crippen molar-refractivity contribution in [1.29, 1.82) is 0 Å². The summed E-state index contributed by atoms with van der Waals surface area (Å²) in [5.41, 5.74) is 3.47. The van der Waals surface area contributed by atoms with E-state index < -0.39 is 0 Å². The van der Waals surface area contributed by atoms with Crippen molar-refractivity contribution >= 4 is 17.6 Å². The van der Waals surface area contributed by atoms with E-state index in [0.717, 1.165) is 16.5 Å². The van der Waals surface area contributed by atoms with E-state index >= 15 is 0 Å². The molecule has 0 unspecified atom stereocenters. The minimum Gasteiger partial charge on any atom is -0.352 e. The standard InChI is InChI=1S/C22H20ClN3/c23-19-14-8-7-13-18(19)15-24-22-25-20(16-9-3-1-4-10-16)21(26-22)17-11-5-2-6-12-17/h1-14,20-21H,15H2,(H2,24,25,26)/t20-,21+. The van der Waals surface area contributed by atoms with Gasteiger partial charge in [0, 0.05) is 11.6 Å². The van der Waals surface area contributed by atoms with Crippen LogP contribution in [0.3, 0.4) is 0 Å². The van der Waals surface area contributed by atoms with Gasteiger partial charge in [0.25, 0.3) is 0 Å². The predicted molar refractivity (Wildman–Crippen MR) is 107 cm³/mol. The number of guanidine groups is 1. The molecule has 0 saturated heterocycles. The molecule has 26 heavy (non-hydrogen) atoms. The van der Waals surface area contributed by atoms with Gasteiger partial charge in [-0.05, 0) is 22.8 Å². The summed E-state index contributed by atoms with van der Waals surface area (Å²) in [6.45, 7) is 0.633. The fourth-order valence-corrected chi connectivity index (χ4v) is 3.44. The topological polar surface area (TPSA) is 36.4 Å². The molecular formula is C22H20ClN3. The van der Waals surface area contributed by atoms with Crippen LogP contribution < -0.4 is 10.6 Å². The average molecular weight is 362 g/mol. The lowest BCUT2D eigenvalue weighted by molar-refractivity contribution is 0.570. The van der Waals surface area contributed by atoms with Crippen LogP contribution in [-0.4, -0.2) is 5.96 Å². The second kappa shape index (κ2) is 7.63. The van der Waals surface area contributed by atoms with Crippen LogP contribution in [-0.2, 0) is 6.54 Å². The van der Waals surface area contributed by atoms with Gasteiger partial charge in [-0.25, -0.2) is 4.99 Å². The number of rotatable bonds is 4. The van der Waals surface area contributed by atoms with E-state index in [4.69, 9.17) is 16.6 Å². The van der Waals surface area contributed by atoms with Crippen LogP contribution in [0.4, 0.5) is 0 Å². The molecule has 2 atom stereocenters. The van der Waals surface area contributed by atoms with Crippen molar-refractivity contribution in [2.24, 2.45) is 4.99 Å². The molecule has 3 aromatic rings. The molecule has 1 aliphatic rings. The predicted octanol–water partition coefficient (Wildman–Crippen LogP) is 4.87. The lowest BCUT2D eigenvalue weighted by Crippen LogP contribution is -2.35. The van der Waals surface area contributed by atoms with Gasteiger partial charge in [-0.2, -0.15) is 0 Å². The van der Waals surface area contributed by atoms with E-state index in [-0.39, 0.29) is 12.1 Å². The number of nitrogens with zero attached hydrogens (tertiary/aromatic N) is 1. The third-order valence-corrected chi connectivity index (χ3v) is 4.95. The first kappa shape index (κ1) is 16.7. The number of hydrogen-bond donors (Lipinski definition) is 2. The van der Waals surface area contributed by atoms with Crippen LogP contribution in [0.2, 0.25) is 5.02 Å². The maximum Gasteiger partial charge on any atom is 0.192 e. The number of benzene rings is 3. The molecular weight excluding hydrogens is 342 g/mol. The van der Waals surface area contributed by atoms with Crippen LogP contribution >= 0.6 is 11.6 Å². The van der Waals surface area contributed by atoms with E-state index in [2.05, 4.69) is 59.2 Å². The van der Waals surface area contributed by atoms with Crippen molar-refractivity contribution in [3.05, 3.63) is 107 Å². The van der Waals surface area contributed by atoms with Gasteiger partial charge in [-0.1, -0.05) is 90.5 Å². The van der Waals surface area contributed by atoms with Gasteiger partial charge >= 0.3 is 0 Å². The smallest absolute Gasteiger partial charge is 0.192 e. The Morgan fingerprint density at radius 3 is 2.12 bits per heavy atom. The van der Waals surface area contributed by atoms with Gasteiger partial charge in [0.05, 0.1) is 6.04 Å². The Balaban J connectivity index is 1.57. The number of nitrogens with one attached hydrogen (secondary N) is 2. The van der Waals surface area contributed by atoms with Gasteiger partial charge < -0.3 is 10.6 Å². The molecule has 0 fully saturated rings. The van der Waals surface area contributed by atoms with E-state index in [1.54, 1.807) is 0 Å². The summed E-state index contributed by atoms with van der Waals surface area (Å²) in [4.78, 5) is 4.91. The van der Waals surface area contributed by atoms with E-state index in [1.807, 2.05) is 36.4 Å². The first-order valence-corrected chi connectivity index (χ1v) is 9.10. The summed E-state index contributed by atoms with van der Waals surface area (Å²) in [6.07, 6.45) is 0. The Labute approximate surface area is 158 Å². The Kier molecular flexibility index (Phi) is 4.89. The highest BCUT2D eigenvalue weighted by Gasteiger charge is 2.31. The number of aliphatic imine (C=N–C) groups is 1. The summed E-state index contributed by atoms with van der Waals surface area (Å²) < 4.78 is 0. The molecule has 1 heterocycles. The third-order valence-electron chi connectivity index (χ3n) is 4.58. The SMILES string of the molecule is Clc1ccccc1CNC1=N[C@@H](c2ccccc2)[C@@H](c2ccccc2)N1. The molecule has 0 bridgehead atoms. The van der Waals surface area contributed by atoms with Crippen molar-refractivity contribution in [2.45, 2.75) is 18.6 Å². The van der Waals surface area contributed by atoms with Crippen LogP contribution in [0.15, 0.2) is 89.9 Å². The Morgan fingerprint density at radius 2 is 1.42 bits per heavy atom. The Morgan fingerprint density at radius 1 is 0.808 bits per heavy atom. The maximum atomic E-state index is 6.26. The molecule has 1 aliphatic heterocycles. The van der Waals surface area contributed by atoms with Crippen molar-refractivity contribution in [2.75, 3.05) is 0 Å². The molecule has 0 aliphatic carbocycles. The highest BCUT2D eigenvalue weighted by atomic mass is 35.5. The summed E-state index contributed by atoms with van der Waals surface area (Å²) in [7, 11) is 0. The molecule has 4 rings (SSSR count). The fourth-order valence-electron chi connectivity index (χ4n) is 3.24. The van der Waals surface area contributed by atoms with E-state index in [0.29, 0.717) is 6.54 Å². The average Bonchev–Trinajstić information content (AvgIpc) is 3.13. The van der Waals surface area contributed by atoms with Gasteiger partial charge in [0.15, 0.2) is 5.96 Å². The van der Waals surface area contributed by atoms with Crippen LogP contribution in [0.1, 0.15) is 28.8 Å². The van der Waals surface area contributed by atoms with E-state index in [9.17, 15) is 0 Å². The fraction of sp³-hybridized carbons (Fsp3) is 0.136. The molecule has 2 N–H and O–H groups in total. The van der Waals surface area contributed by atoms with Crippen molar-refractivity contribution in [3.8, 4) is 0 Å². The molecule has 3 nitrogen and oxygen atoms in total. The Bertz CT molecular complexity index is 894. The zero-order valence-electron chi connectivity index (χ0n) is 14.3. The molecule has 0 radical (unpaired) electrons. The molecule has 130 valence electrons. The largest absolute Gasteiger partial charge is 0.352 e. The summed E-state index contributed by atoms with van der Waals surface area (Å²) in [5.74, 6) is 0.799. The monoisotopic (exact) mass is 361 g/mol. The van der Waals surface area contributed by atoms with Gasteiger partial charge in [0.2, 0.25) is 0 Å². The first-order chi connectivity index (χ1) is 12.8. The molecule has 0 saturated carbocycles. The van der Waals surface area contributed by atoms with Crippen molar-refractivity contribution in [3.63, 3.8) is 0 Å². The van der Waals surface area contributed by atoms with Crippen molar-refractivity contribution < 1.29 is 0 Å². The lowest BCUT2D eigenvalue weighted by Gasteiger charge is -2.19. The zero-order chi connectivity index (χ0) is 17.8. The lowest BCUT2D eigenvalue weighted by atomic mass is 9.95. The molecule has 0 amide bonds. The third kappa shape index (κ3) is 3.58. The molecule has 0 aromatic heterocycles. The molecule has 0 spiro atoms. The normalized spacial score (nSPS) is 18.9. The van der Waals surface area contributed by atoms with Gasteiger partial charge in [-0.15, -0.1) is 0 Å². The summed E-state index contributed by atoms with van der Waals surface area (Å²) in [6, 6.07) is 28.8. The summed E-state index contributed by atoms with van der Waals surface area (Å²) >= 11 is 6.26. The first-order valence-electron chi connectivity index (χ1n) is 8.73. The minimum absolute atomic E-state index is 0.0346. The van der Waals surface area contributed by atoms with Gasteiger partial charge in [0.1, 0.15) is 6.04 Å². The second-order valence-electron chi connectivity index (χ2n) is 6.31. The van der Waals surface area contributed by atoms with Crippen LogP contribution in [0, 0.1) is 0 Å². The second-order valence-corrected chi connectivity index (χ2v) is 6.72. The van der Waals surface area contributed by atoms with Crippen LogP contribution in [0.25, 0.3) is 0 Å². The number of hydrogen-bond acceptors (Lipinski definition) is 3. The zero-order valence-corrected chi connectivity index (χ0v) is 15.0. The Hall–Kier alpha value is -2.78. The summed E-state index contributed by atoms with van der Waals surface area (Å²) in [5, 5.41) is 7.70. The van der Waals surface area contributed by atoms with Gasteiger partial charge in [-0.3, -0.25) is 0 Å². The highest BCUT2D eigenvalue weighted by molar-refractivity contribution is 6.31. The van der Waals surface area contributed by atoms with E-state index in [1.165, 1.54) is 11.1 Å². The van der Waals surface area contributed by atoms with Crippen LogP contribution in [0.5, 0.6) is 0 Å². The quantitative estimate of drug-likeness (QED) is 0.695. The minimum atomic E-state index is 0.0346. The van der Waals surface area contributed by atoms with Crippen molar-refractivity contribution in [1.82, 2.24) is 10.6 Å².